The van der Waals surface area contributed by atoms with Gasteiger partial charge in [-0.3, -0.25) is 0 Å². The van der Waals surface area contributed by atoms with Gasteiger partial charge in [-0.15, -0.1) is 0 Å². The fourth-order valence-electron chi connectivity index (χ4n) is 12.1. The van der Waals surface area contributed by atoms with E-state index in [4.69, 9.17) is 9.97 Å². The molecule has 0 radical (unpaired) electrons. The van der Waals surface area contributed by atoms with Crippen molar-refractivity contribution in [1.29, 1.82) is 0 Å². The number of rotatable bonds is 7. The zero-order chi connectivity index (χ0) is 45.4. The van der Waals surface area contributed by atoms with Crippen LogP contribution in [0, 0.1) is 0 Å². The Kier molecular flexibility index (Phi) is 9.36. The summed E-state index contributed by atoms with van der Waals surface area (Å²) < 4.78 is 2.48. The number of aromatic nitrogens is 3. The molecule has 2 aliphatic heterocycles. The van der Waals surface area contributed by atoms with Crippen molar-refractivity contribution < 1.29 is 0 Å². The second-order valence-corrected chi connectivity index (χ2v) is 19.1. The topological polar surface area (TPSA) is 37.2 Å². The Morgan fingerprint density at radius 3 is 2.12 bits per heavy atom. The number of hydrogen-bond donors (Lipinski definition) is 0. The first-order chi connectivity index (χ1) is 34.2. The second-order valence-electron chi connectivity index (χ2n) is 19.1. The lowest BCUT2D eigenvalue weighted by molar-refractivity contribution is 0.565. The van der Waals surface area contributed by atoms with Gasteiger partial charge in [-0.05, 0) is 133 Å². The second kappa shape index (κ2) is 16.2. The maximum atomic E-state index is 5.45. The molecular formula is C64H49N5. The molecule has 3 aliphatic carbocycles. The monoisotopic (exact) mass is 887 g/mol. The van der Waals surface area contributed by atoms with Crippen molar-refractivity contribution in [1.82, 2.24) is 14.5 Å². The third-order valence-corrected chi connectivity index (χ3v) is 15.2. The lowest BCUT2D eigenvalue weighted by Crippen LogP contribution is -2.31. The summed E-state index contributed by atoms with van der Waals surface area (Å²) in [5.41, 5.74) is 20.3. The van der Waals surface area contributed by atoms with Crippen molar-refractivity contribution in [2.24, 2.45) is 0 Å². The number of hydrogen-bond acceptors (Lipinski definition) is 4. The predicted octanol–water partition coefficient (Wildman–Crippen LogP) is 16.2. The lowest BCUT2D eigenvalue weighted by Gasteiger charge is -2.32. The molecule has 2 aromatic heterocycles. The third kappa shape index (κ3) is 6.59. The molecule has 3 unspecified atom stereocenters. The average Bonchev–Trinajstić information content (AvgIpc) is 4.07. The molecule has 7 aromatic carbocycles. The molecule has 3 atom stereocenters. The number of nitrogens with zero attached hydrogens (tertiary/aromatic N) is 5. The number of para-hydroxylation sites is 4. The van der Waals surface area contributed by atoms with Gasteiger partial charge in [0.05, 0.1) is 22.4 Å². The Balaban J connectivity index is 0.948. The van der Waals surface area contributed by atoms with Crippen LogP contribution in [0.25, 0.3) is 61.3 Å². The third-order valence-electron chi connectivity index (χ3n) is 15.2. The first kappa shape index (κ1) is 39.8. The fourth-order valence-corrected chi connectivity index (χ4v) is 12.1. The van der Waals surface area contributed by atoms with Gasteiger partial charge >= 0.3 is 0 Å². The van der Waals surface area contributed by atoms with Gasteiger partial charge in [0, 0.05) is 73.9 Å². The van der Waals surface area contributed by atoms with Crippen molar-refractivity contribution in [2.45, 2.75) is 50.0 Å². The summed E-state index contributed by atoms with van der Waals surface area (Å²) in [4.78, 5) is 15.9. The van der Waals surface area contributed by atoms with E-state index in [1.54, 1.807) is 0 Å². The van der Waals surface area contributed by atoms with Crippen LogP contribution in [0.5, 0.6) is 0 Å². The zero-order valence-electron chi connectivity index (χ0n) is 38.3. The highest BCUT2D eigenvalue weighted by atomic mass is 15.2. The normalized spacial score (nSPS) is 19.0. The summed E-state index contributed by atoms with van der Waals surface area (Å²) in [6.07, 6.45) is 21.2. The quantitative estimate of drug-likeness (QED) is 0.149. The molecule has 5 nitrogen and oxygen atoms in total. The standard InChI is InChI=1S/C64H49N5/c1-4-18-42(19-5-1)56-41-57(43-20-6-2-7-21-43)66-64(65-56)46-36-48(68-58-28-14-10-24-50(58)51-25-11-15-29-59(51)68)40-49(37-46)69-61-31-17-13-27-53(61)55-39-45(33-35-63(55)69)44-32-34-62-54(38-44)52-26-12-16-30-60(52)67(62)47-22-8-3-9-23-47/h1-6,8-14,16-20,22-28,30-37,39-41,51,54,59H,7,15,21,29,38H2. The zero-order valence-corrected chi connectivity index (χ0v) is 38.3. The van der Waals surface area contributed by atoms with Crippen LogP contribution in [-0.4, -0.2) is 20.6 Å². The molecule has 0 saturated carbocycles. The molecule has 0 N–H and O–H groups in total. The van der Waals surface area contributed by atoms with E-state index in [0.717, 1.165) is 71.8 Å². The molecule has 4 heterocycles. The molecule has 5 heteroatoms. The first-order valence-electron chi connectivity index (χ1n) is 24.6. The van der Waals surface area contributed by atoms with Gasteiger partial charge in [-0.1, -0.05) is 146 Å². The first-order valence-corrected chi connectivity index (χ1v) is 24.6. The number of allylic oxidation sites excluding steroid dienone is 9. The van der Waals surface area contributed by atoms with Crippen LogP contribution >= 0.6 is 0 Å². The largest absolute Gasteiger partial charge is 0.337 e. The molecule has 0 fully saturated rings. The summed E-state index contributed by atoms with van der Waals surface area (Å²) in [5, 5.41) is 2.48. The lowest BCUT2D eigenvalue weighted by atomic mass is 9.84. The van der Waals surface area contributed by atoms with Gasteiger partial charge in [0.1, 0.15) is 0 Å². The minimum Gasteiger partial charge on any atom is -0.337 e. The van der Waals surface area contributed by atoms with E-state index in [2.05, 4.69) is 233 Å². The van der Waals surface area contributed by atoms with Crippen LogP contribution in [0.15, 0.2) is 224 Å². The fraction of sp³-hybridized carbons (Fsp3) is 0.125. The molecule has 0 bridgehead atoms. The van der Waals surface area contributed by atoms with Crippen LogP contribution in [-0.2, 0) is 0 Å². The summed E-state index contributed by atoms with van der Waals surface area (Å²) in [6, 6.07) is 65.0. The highest BCUT2D eigenvalue weighted by Gasteiger charge is 2.39. The molecule has 5 aliphatic rings. The van der Waals surface area contributed by atoms with E-state index in [1.807, 2.05) is 0 Å². The van der Waals surface area contributed by atoms with Crippen molar-refractivity contribution in [2.75, 3.05) is 9.80 Å². The SMILES string of the molecule is C1=CCCC(c2cc(-c3ccccc3)nc(-c3cc(N4c5ccccc5C5C=CCCC54)cc(-n4c5ccccc5c5cc(C6=CC=C7C(C6)c6ccccc6N7c6ccccc6)ccc54)c3)n2)=C1. The van der Waals surface area contributed by atoms with Crippen LogP contribution < -0.4 is 9.80 Å². The summed E-state index contributed by atoms with van der Waals surface area (Å²) >= 11 is 0. The average molecular weight is 888 g/mol. The van der Waals surface area contributed by atoms with Gasteiger partial charge in [0.15, 0.2) is 5.82 Å². The van der Waals surface area contributed by atoms with E-state index in [-0.39, 0.29) is 5.92 Å². The number of benzene rings is 7. The predicted molar refractivity (Wildman–Crippen MR) is 286 cm³/mol. The molecule has 0 spiro atoms. The highest BCUT2D eigenvalue weighted by Crippen LogP contribution is 2.54. The Labute approximate surface area is 403 Å². The van der Waals surface area contributed by atoms with Crippen LogP contribution in [0.2, 0.25) is 0 Å². The Bertz CT molecular complexity index is 3680. The van der Waals surface area contributed by atoms with Crippen molar-refractivity contribution >= 4 is 55.7 Å². The molecule has 69 heavy (non-hydrogen) atoms. The molecule has 14 rings (SSSR count). The van der Waals surface area contributed by atoms with Crippen LogP contribution in [0.3, 0.4) is 0 Å². The van der Waals surface area contributed by atoms with E-state index in [1.165, 1.54) is 72.4 Å². The molecule has 0 saturated heterocycles. The van der Waals surface area contributed by atoms with Crippen molar-refractivity contribution in [3.05, 3.63) is 247 Å². The van der Waals surface area contributed by atoms with Crippen molar-refractivity contribution in [3.8, 4) is 28.3 Å². The van der Waals surface area contributed by atoms with E-state index >= 15 is 0 Å². The Morgan fingerprint density at radius 1 is 0.493 bits per heavy atom. The maximum Gasteiger partial charge on any atom is 0.160 e. The van der Waals surface area contributed by atoms with Gasteiger partial charge < -0.3 is 14.4 Å². The van der Waals surface area contributed by atoms with E-state index in [0.29, 0.717) is 12.0 Å². The molecule has 330 valence electrons. The Hall–Kier alpha value is -8.28. The van der Waals surface area contributed by atoms with Gasteiger partial charge in [0.2, 0.25) is 0 Å². The number of anilines is 4. The molecule has 0 amide bonds. The van der Waals surface area contributed by atoms with Gasteiger partial charge in [-0.25, -0.2) is 9.97 Å². The van der Waals surface area contributed by atoms with E-state index < -0.39 is 0 Å². The summed E-state index contributed by atoms with van der Waals surface area (Å²) in [5.74, 6) is 1.35. The molecular weight excluding hydrogens is 839 g/mol. The minimum atomic E-state index is 0.281. The highest BCUT2D eigenvalue weighted by molar-refractivity contribution is 6.10. The van der Waals surface area contributed by atoms with E-state index in [9.17, 15) is 0 Å². The van der Waals surface area contributed by atoms with Crippen LogP contribution in [0.4, 0.5) is 22.7 Å². The summed E-state index contributed by atoms with van der Waals surface area (Å²) in [7, 11) is 0. The van der Waals surface area contributed by atoms with Crippen LogP contribution in [0.1, 0.15) is 66.3 Å². The number of fused-ring (bicyclic) bond motifs is 9. The van der Waals surface area contributed by atoms with Gasteiger partial charge in [-0.2, -0.15) is 0 Å². The Morgan fingerprint density at radius 2 is 1.25 bits per heavy atom. The molecule has 9 aromatic rings. The maximum absolute atomic E-state index is 5.45. The van der Waals surface area contributed by atoms with Gasteiger partial charge in [0.25, 0.3) is 0 Å². The summed E-state index contributed by atoms with van der Waals surface area (Å²) in [6.45, 7) is 0. The smallest absolute Gasteiger partial charge is 0.160 e. The minimum absolute atomic E-state index is 0.281. The van der Waals surface area contributed by atoms with Crippen molar-refractivity contribution in [3.63, 3.8) is 0 Å².